The number of rotatable bonds is 2. The Kier molecular flexibility index (Phi) is 3.61. The first-order chi connectivity index (χ1) is 7.72. The highest BCUT2D eigenvalue weighted by Gasteiger charge is 2.34. The second kappa shape index (κ2) is 4.97. The van der Waals surface area contributed by atoms with Crippen LogP contribution >= 0.6 is 15.9 Å². The van der Waals surface area contributed by atoms with E-state index in [-0.39, 0.29) is 17.8 Å². The normalized spacial score (nSPS) is 24.4. The lowest BCUT2D eigenvalue weighted by Gasteiger charge is -2.16. The lowest BCUT2D eigenvalue weighted by molar-refractivity contribution is -0.145. The van der Waals surface area contributed by atoms with Gasteiger partial charge in [0, 0.05) is 23.5 Å². The SMILES string of the molecule is COC(=O)C1CNCC1c1ccc(Br)cc1. The highest BCUT2D eigenvalue weighted by Crippen LogP contribution is 2.29. The van der Waals surface area contributed by atoms with Crippen LogP contribution in [0.25, 0.3) is 0 Å². The molecule has 1 aromatic rings. The van der Waals surface area contributed by atoms with Gasteiger partial charge in [-0.15, -0.1) is 0 Å². The van der Waals surface area contributed by atoms with E-state index in [2.05, 4.69) is 33.4 Å². The van der Waals surface area contributed by atoms with E-state index in [4.69, 9.17) is 4.74 Å². The van der Waals surface area contributed by atoms with Crippen LogP contribution in [0.4, 0.5) is 0 Å². The van der Waals surface area contributed by atoms with Gasteiger partial charge in [-0.05, 0) is 17.7 Å². The molecule has 3 nitrogen and oxygen atoms in total. The van der Waals surface area contributed by atoms with E-state index in [1.54, 1.807) is 0 Å². The molecule has 1 heterocycles. The van der Waals surface area contributed by atoms with Crippen molar-refractivity contribution < 1.29 is 9.53 Å². The number of esters is 1. The Balaban J connectivity index is 2.19. The molecular formula is C12H14BrNO2. The van der Waals surface area contributed by atoms with Crippen molar-refractivity contribution in [2.45, 2.75) is 5.92 Å². The zero-order valence-electron chi connectivity index (χ0n) is 9.07. The first-order valence-electron chi connectivity index (χ1n) is 5.26. The molecule has 1 aliphatic rings. The van der Waals surface area contributed by atoms with E-state index in [9.17, 15) is 4.79 Å². The number of ether oxygens (including phenoxy) is 1. The maximum absolute atomic E-state index is 11.6. The minimum Gasteiger partial charge on any atom is -0.469 e. The third-order valence-electron chi connectivity index (χ3n) is 3.02. The van der Waals surface area contributed by atoms with Crippen molar-refractivity contribution in [3.05, 3.63) is 34.3 Å². The Morgan fingerprint density at radius 1 is 1.38 bits per heavy atom. The van der Waals surface area contributed by atoms with Crippen molar-refractivity contribution >= 4 is 21.9 Å². The quantitative estimate of drug-likeness (QED) is 0.843. The minimum atomic E-state index is -0.127. The van der Waals surface area contributed by atoms with Crippen molar-refractivity contribution in [3.63, 3.8) is 0 Å². The molecule has 1 aliphatic heterocycles. The molecule has 0 bridgehead atoms. The van der Waals surface area contributed by atoms with Crippen LogP contribution < -0.4 is 5.32 Å². The summed E-state index contributed by atoms with van der Waals surface area (Å²) in [5, 5.41) is 3.24. The van der Waals surface area contributed by atoms with E-state index in [0.29, 0.717) is 6.54 Å². The number of nitrogens with one attached hydrogen (secondary N) is 1. The zero-order chi connectivity index (χ0) is 11.5. The van der Waals surface area contributed by atoms with E-state index in [0.717, 1.165) is 11.0 Å². The molecule has 0 saturated carbocycles. The van der Waals surface area contributed by atoms with Crippen molar-refractivity contribution in [1.29, 1.82) is 0 Å². The van der Waals surface area contributed by atoms with E-state index in [1.807, 2.05) is 12.1 Å². The standard InChI is InChI=1S/C12H14BrNO2/c1-16-12(15)11-7-14-6-10(11)8-2-4-9(13)5-3-8/h2-5,10-11,14H,6-7H2,1H3. The monoisotopic (exact) mass is 283 g/mol. The molecule has 0 radical (unpaired) electrons. The maximum atomic E-state index is 11.6. The Hall–Kier alpha value is -0.870. The maximum Gasteiger partial charge on any atom is 0.310 e. The van der Waals surface area contributed by atoms with Gasteiger partial charge in [0.15, 0.2) is 0 Å². The molecule has 0 spiro atoms. The summed E-state index contributed by atoms with van der Waals surface area (Å²) in [4.78, 5) is 11.6. The predicted octanol–water partition coefficient (Wildman–Crippen LogP) is 1.93. The van der Waals surface area contributed by atoms with Crippen LogP contribution in [0, 0.1) is 5.92 Å². The fourth-order valence-corrected chi connectivity index (χ4v) is 2.40. The fraction of sp³-hybridized carbons (Fsp3) is 0.417. The highest BCUT2D eigenvalue weighted by atomic mass is 79.9. The Morgan fingerprint density at radius 2 is 2.06 bits per heavy atom. The van der Waals surface area contributed by atoms with Gasteiger partial charge in [-0.25, -0.2) is 0 Å². The van der Waals surface area contributed by atoms with Crippen LogP contribution in [-0.2, 0) is 9.53 Å². The van der Waals surface area contributed by atoms with Crippen LogP contribution in [0.5, 0.6) is 0 Å². The topological polar surface area (TPSA) is 38.3 Å². The van der Waals surface area contributed by atoms with Gasteiger partial charge in [0.25, 0.3) is 0 Å². The summed E-state index contributed by atoms with van der Waals surface area (Å²) in [7, 11) is 1.44. The van der Waals surface area contributed by atoms with Crippen molar-refractivity contribution in [2.24, 2.45) is 5.92 Å². The van der Waals surface area contributed by atoms with Gasteiger partial charge in [0.1, 0.15) is 0 Å². The number of hydrogen-bond acceptors (Lipinski definition) is 3. The summed E-state index contributed by atoms with van der Waals surface area (Å²) < 4.78 is 5.87. The molecule has 16 heavy (non-hydrogen) atoms. The van der Waals surface area contributed by atoms with Gasteiger partial charge >= 0.3 is 5.97 Å². The average Bonchev–Trinajstić information content (AvgIpc) is 2.78. The summed E-state index contributed by atoms with van der Waals surface area (Å²) in [6, 6.07) is 8.11. The van der Waals surface area contributed by atoms with Gasteiger partial charge in [-0.3, -0.25) is 4.79 Å². The molecule has 1 aromatic carbocycles. The molecule has 86 valence electrons. The largest absolute Gasteiger partial charge is 0.469 e. The van der Waals surface area contributed by atoms with Crippen LogP contribution in [-0.4, -0.2) is 26.2 Å². The molecule has 0 aliphatic carbocycles. The first-order valence-corrected chi connectivity index (χ1v) is 6.05. The van der Waals surface area contributed by atoms with Crippen molar-refractivity contribution in [2.75, 3.05) is 20.2 Å². The smallest absolute Gasteiger partial charge is 0.310 e. The molecule has 2 atom stereocenters. The summed E-state index contributed by atoms with van der Waals surface area (Å²) in [6.45, 7) is 1.54. The number of halogens is 1. The lowest BCUT2D eigenvalue weighted by atomic mass is 9.89. The number of methoxy groups -OCH3 is 1. The van der Waals surface area contributed by atoms with Gasteiger partial charge in [-0.2, -0.15) is 0 Å². The van der Waals surface area contributed by atoms with E-state index >= 15 is 0 Å². The van der Waals surface area contributed by atoms with Crippen LogP contribution in [0.3, 0.4) is 0 Å². The highest BCUT2D eigenvalue weighted by molar-refractivity contribution is 9.10. The van der Waals surface area contributed by atoms with E-state index in [1.165, 1.54) is 12.7 Å². The second-order valence-electron chi connectivity index (χ2n) is 3.95. The molecule has 0 aromatic heterocycles. The van der Waals surface area contributed by atoms with Crippen LogP contribution in [0.2, 0.25) is 0 Å². The molecule has 1 saturated heterocycles. The molecule has 2 rings (SSSR count). The molecule has 0 amide bonds. The van der Waals surface area contributed by atoms with Crippen molar-refractivity contribution in [3.8, 4) is 0 Å². The van der Waals surface area contributed by atoms with Gasteiger partial charge in [-0.1, -0.05) is 28.1 Å². The number of carbonyl (C=O) groups excluding carboxylic acids is 1. The summed E-state index contributed by atoms with van der Waals surface area (Å²) in [5.74, 6) is 0.0321. The molecule has 1 fully saturated rings. The number of carbonyl (C=O) groups is 1. The molecule has 1 N–H and O–H groups in total. The third-order valence-corrected chi connectivity index (χ3v) is 3.54. The molecule has 4 heteroatoms. The van der Waals surface area contributed by atoms with Crippen LogP contribution in [0.1, 0.15) is 11.5 Å². The minimum absolute atomic E-state index is 0.0637. The third kappa shape index (κ3) is 2.28. The Labute approximate surface area is 103 Å². The second-order valence-corrected chi connectivity index (χ2v) is 4.86. The summed E-state index contributed by atoms with van der Waals surface area (Å²) in [5.41, 5.74) is 1.18. The molecule has 2 unspecified atom stereocenters. The summed E-state index contributed by atoms with van der Waals surface area (Å²) >= 11 is 3.40. The van der Waals surface area contributed by atoms with Gasteiger partial charge in [0.05, 0.1) is 13.0 Å². The van der Waals surface area contributed by atoms with Crippen LogP contribution in [0.15, 0.2) is 28.7 Å². The zero-order valence-corrected chi connectivity index (χ0v) is 10.7. The van der Waals surface area contributed by atoms with Crippen molar-refractivity contribution in [1.82, 2.24) is 5.32 Å². The number of benzene rings is 1. The fourth-order valence-electron chi connectivity index (χ4n) is 2.14. The average molecular weight is 284 g/mol. The Morgan fingerprint density at radius 3 is 2.69 bits per heavy atom. The first kappa shape index (κ1) is 11.6. The lowest BCUT2D eigenvalue weighted by Crippen LogP contribution is -2.22. The molecular weight excluding hydrogens is 270 g/mol. The van der Waals surface area contributed by atoms with Gasteiger partial charge < -0.3 is 10.1 Å². The number of hydrogen-bond donors (Lipinski definition) is 1. The summed E-state index contributed by atoms with van der Waals surface area (Å²) in [6.07, 6.45) is 0. The van der Waals surface area contributed by atoms with Gasteiger partial charge in [0.2, 0.25) is 0 Å². The Bertz CT molecular complexity index is 377. The predicted molar refractivity (Wildman–Crippen MR) is 65.3 cm³/mol. The van der Waals surface area contributed by atoms with E-state index < -0.39 is 0 Å².